The number of unbranched alkanes of at least 4 members (excludes halogenated alkanes) is 9. The van der Waals surface area contributed by atoms with Crippen LogP contribution in [0.4, 0.5) is 0 Å². The van der Waals surface area contributed by atoms with Crippen LogP contribution in [0.5, 0.6) is 0 Å². The summed E-state index contributed by atoms with van der Waals surface area (Å²) in [5.74, 6) is 0. The molecule has 0 N–H and O–H groups in total. The molecule has 1 heterocycles. The number of hydrogen-bond acceptors (Lipinski definition) is 5. The van der Waals surface area contributed by atoms with Gasteiger partial charge in [0.1, 0.15) is 6.54 Å². The van der Waals surface area contributed by atoms with Gasteiger partial charge in [-0.25, -0.2) is 13.0 Å². The van der Waals surface area contributed by atoms with E-state index in [1.807, 2.05) is 29.0 Å². The number of rotatable bonds is 17. The molecule has 1 atom stereocenters. The van der Waals surface area contributed by atoms with E-state index >= 15 is 0 Å². The monoisotopic (exact) mass is 453 g/mol. The van der Waals surface area contributed by atoms with E-state index < -0.39 is 16.5 Å². The van der Waals surface area contributed by atoms with Crippen LogP contribution in [0.3, 0.4) is 0 Å². The lowest BCUT2D eigenvalue weighted by atomic mass is 10.0. The van der Waals surface area contributed by atoms with Gasteiger partial charge < -0.3 is 9.29 Å². The first-order valence-electron chi connectivity index (χ1n) is 11.9. The first kappa shape index (κ1) is 26.0. The Hall–Kier alpha value is -1.28. The molecule has 1 aromatic rings. The van der Waals surface area contributed by atoms with Crippen LogP contribution in [0.1, 0.15) is 82.3 Å². The van der Waals surface area contributed by atoms with Crippen LogP contribution < -0.4 is 0 Å². The van der Waals surface area contributed by atoms with Gasteiger partial charge in [-0.15, -0.1) is 0 Å². The van der Waals surface area contributed by atoms with Crippen molar-refractivity contribution >= 4 is 16.6 Å². The lowest BCUT2D eigenvalue weighted by Gasteiger charge is -2.20. The smallest absolute Gasteiger partial charge is 0.218 e. The molecule has 176 valence electrons. The third-order valence-electron chi connectivity index (χ3n) is 5.68. The Labute approximate surface area is 188 Å². The van der Waals surface area contributed by atoms with Crippen LogP contribution >= 0.6 is 0 Å². The summed E-state index contributed by atoms with van der Waals surface area (Å²) in [7, 11) is -4.77. The zero-order valence-corrected chi connectivity index (χ0v) is 19.8. The maximum absolute atomic E-state index is 11.1. The van der Waals surface area contributed by atoms with E-state index in [-0.39, 0.29) is 6.61 Å². The molecular weight excluding hydrogens is 414 g/mol. The van der Waals surface area contributed by atoms with Crippen molar-refractivity contribution < 1.29 is 26.5 Å². The molecule has 6 nitrogen and oxygen atoms in total. The van der Waals surface area contributed by atoms with Gasteiger partial charge in [0.05, 0.1) is 6.61 Å². The predicted octanol–water partition coefficient (Wildman–Crippen LogP) is 4.46. The molecule has 1 aromatic carbocycles. The van der Waals surface area contributed by atoms with E-state index in [4.69, 9.17) is 8.92 Å². The topological polar surface area (TPSA) is 78.7 Å². The summed E-state index contributed by atoms with van der Waals surface area (Å²) in [6, 6.07) is 8.11. The minimum atomic E-state index is -4.77. The van der Waals surface area contributed by atoms with E-state index in [1.165, 1.54) is 56.9 Å². The van der Waals surface area contributed by atoms with Gasteiger partial charge in [0.2, 0.25) is 10.4 Å². The minimum absolute atomic E-state index is 0.102. The molecule has 0 radical (unpaired) electrons. The van der Waals surface area contributed by atoms with Gasteiger partial charge in [-0.1, -0.05) is 82.9 Å². The second-order valence-electron chi connectivity index (χ2n) is 8.46. The molecule has 0 fully saturated rings. The molecule has 1 aliphatic heterocycles. The largest absolute Gasteiger partial charge is 0.726 e. The van der Waals surface area contributed by atoms with Crippen molar-refractivity contribution in [1.29, 1.82) is 0 Å². The van der Waals surface area contributed by atoms with Crippen molar-refractivity contribution in [2.75, 3.05) is 26.3 Å². The van der Waals surface area contributed by atoms with Crippen molar-refractivity contribution in [3.63, 3.8) is 0 Å². The third kappa shape index (κ3) is 11.8. The van der Waals surface area contributed by atoms with Crippen LogP contribution in [-0.4, -0.2) is 56.2 Å². The first-order chi connectivity index (χ1) is 15.0. The summed E-state index contributed by atoms with van der Waals surface area (Å²) >= 11 is 0. The second-order valence-corrected chi connectivity index (χ2v) is 9.47. The van der Waals surface area contributed by atoms with Gasteiger partial charge >= 0.3 is 0 Å². The predicted molar refractivity (Wildman–Crippen MR) is 123 cm³/mol. The molecule has 31 heavy (non-hydrogen) atoms. The van der Waals surface area contributed by atoms with Gasteiger partial charge in [0.15, 0.2) is 18.9 Å². The second kappa shape index (κ2) is 14.7. The summed E-state index contributed by atoms with van der Waals surface area (Å²) in [5.41, 5.74) is 2.38. The molecular formula is C24H39NO5S. The Morgan fingerprint density at radius 2 is 1.65 bits per heavy atom. The fourth-order valence-corrected chi connectivity index (χ4v) is 4.45. The maximum Gasteiger partial charge on any atom is 0.218 e. The van der Waals surface area contributed by atoms with E-state index in [2.05, 4.69) is 13.0 Å². The Kier molecular flexibility index (Phi) is 12.3. The Morgan fingerprint density at radius 3 is 2.32 bits per heavy atom. The summed E-state index contributed by atoms with van der Waals surface area (Å²) in [5, 5.41) is 0. The highest BCUT2D eigenvalue weighted by Gasteiger charge is 2.23. The summed E-state index contributed by atoms with van der Waals surface area (Å²) in [6.45, 7) is 3.97. The Morgan fingerprint density at radius 1 is 1.00 bits per heavy atom. The molecule has 0 spiro atoms. The van der Waals surface area contributed by atoms with Crippen LogP contribution in [0.2, 0.25) is 0 Å². The molecule has 0 aromatic heterocycles. The van der Waals surface area contributed by atoms with Crippen molar-refractivity contribution in [1.82, 2.24) is 0 Å². The maximum atomic E-state index is 11.1. The molecule has 2 rings (SSSR count). The standard InChI is InChI=1S/C24H39NO5S/c1-2-3-4-5-6-7-8-9-10-13-18-29-21-24(30-31(26,27)28)20-25-17-16-22-14-11-12-15-23(22)19-25/h11-12,14-15,19,24H,2-10,13,16-18,20-21H2,1H3. The van der Waals surface area contributed by atoms with E-state index in [9.17, 15) is 13.0 Å². The van der Waals surface area contributed by atoms with Crippen LogP contribution in [0, 0.1) is 0 Å². The highest BCUT2D eigenvalue weighted by Crippen LogP contribution is 2.13. The number of ether oxygens (including phenoxy) is 1. The molecule has 0 aliphatic carbocycles. The van der Waals surface area contributed by atoms with Crippen molar-refractivity contribution in [3.8, 4) is 0 Å². The molecule has 0 amide bonds. The molecule has 1 unspecified atom stereocenters. The normalized spacial score (nSPS) is 14.8. The lowest BCUT2D eigenvalue weighted by molar-refractivity contribution is -0.532. The van der Waals surface area contributed by atoms with Gasteiger partial charge in [0, 0.05) is 18.6 Å². The third-order valence-corrected chi connectivity index (χ3v) is 6.19. The Balaban J connectivity index is 1.65. The summed E-state index contributed by atoms with van der Waals surface area (Å²) < 4.78 is 45.8. The number of nitrogens with zero attached hydrogens (tertiary/aromatic N) is 1. The van der Waals surface area contributed by atoms with Crippen LogP contribution in [0.15, 0.2) is 24.3 Å². The minimum Gasteiger partial charge on any atom is -0.726 e. The molecule has 0 bridgehead atoms. The lowest BCUT2D eigenvalue weighted by Crippen LogP contribution is -2.36. The van der Waals surface area contributed by atoms with Crippen LogP contribution in [-0.2, 0) is 25.7 Å². The van der Waals surface area contributed by atoms with Crippen molar-refractivity contribution in [2.24, 2.45) is 0 Å². The summed E-state index contributed by atoms with van der Waals surface area (Å²) in [6.07, 6.45) is 14.6. The number of hydrogen-bond donors (Lipinski definition) is 0. The van der Waals surface area contributed by atoms with Gasteiger partial charge in [-0.3, -0.25) is 4.18 Å². The first-order valence-corrected chi connectivity index (χ1v) is 13.2. The molecule has 1 aliphatic rings. The fraction of sp³-hybridized carbons (Fsp3) is 0.708. The van der Waals surface area contributed by atoms with Crippen molar-refractivity contribution in [2.45, 2.75) is 83.7 Å². The molecule has 0 saturated carbocycles. The van der Waals surface area contributed by atoms with Crippen LogP contribution in [0.25, 0.3) is 0 Å². The van der Waals surface area contributed by atoms with E-state index in [0.717, 1.165) is 31.4 Å². The van der Waals surface area contributed by atoms with Gasteiger partial charge in [0.25, 0.3) is 0 Å². The average Bonchev–Trinajstić information content (AvgIpc) is 2.73. The van der Waals surface area contributed by atoms with Crippen molar-refractivity contribution in [3.05, 3.63) is 35.4 Å². The SMILES string of the molecule is CCCCCCCCCCCCOCC(C[N+]1=Cc2ccccc2CC1)OS(=O)(=O)[O-]. The molecule has 0 saturated heterocycles. The fourth-order valence-electron chi connectivity index (χ4n) is 4.00. The van der Waals surface area contributed by atoms with E-state index in [1.54, 1.807) is 0 Å². The quantitative estimate of drug-likeness (QED) is 0.151. The molecule has 7 heteroatoms. The zero-order chi connectivity index (χ0) is 22.4. The van der Waals surface area contributed by atoms with Gasteiger partial charge in [-0.2, -0.15) is 0 Å². The van der Waals surface area contributed by atoms with Gasteiger partial charge in [-0.05, 0) is 18.1 Å². The highest BCUT2D eigenvalue weighted by atomic mass is 32.3. The Bertz CT molecular complexity index is 763. The highest BCUT2D eigenvalue weighted by molar-refractivity contribution is 7.80. The average molecular weight is 454 g/mol. The van der Waals surface area contributed by atoms with E-state index in [0.29, 0.717) is 13.2 Å². The number of fused-ring (bicyclic) bond motifs is 1. The summed E-state index contributed by atoms with van der Waals surface area (Å²) in [4.78, 5) is 0. The number of benzene rings is 1. The zero-order valence-electron chi connectivity index (χ0n) is 19.0.